The van der Waals surface area contributed by atoms with Crippen LogP contribution in [0.15, 0.2) is 48.5 Å². The predicted octanol–water partition coefficient (Wildman–Crippen LogP) is 4.62. The Bertz CT molecular complexity index is 662. The van der Waals surface area contributed by atoms with Crippen LogP contribution in [-0.4, -0.2) is 12.5 Å². The molecule has 2 aromatic carbocycles. The summed E-state index contributed by atoms with van der Waals surface area (Å²) in [5, 5.41) is 2.93. The summed E-state index contributed by atoms with van der Waals surface area (Å²) in [6, 6.07) is 15.1. The Labute approximate surface area is 156 Å². The topological polar surface area (TPSA) is 64.3 Å². The van der Waals surface area contributed by atoms with Crippen LogP contribution in [0, 0.1) is 6.92 Å². The number of carbonyl (C=O) groups excluding carboxylic acids is 1. The smallest absolute Gasteiger partial charge is 0.226 e. The monoisotopic (exact) mass is 362 g/mol. The minimum Gasteiger partial charge on any atom is -0.494 e. The van der Waals surface area contributed by atoms with Gasteiger partial charge in [-0.15, -0.1) is 12.4 Å². The van der Waals surface area contributed by atoms with Crippen molar-refractivity contribution in [2.45, 2.75) is 39.2 Å². The van der Waals surface area contributed by atoms with E-state index in [0.29, 0.717) is 6.61 Å². The Balaban J connectivity index is 0.00000312. The second-order valence-corrected chi connectivity index (χ2v) is 5.95. The van der Waals surface area contributed by atoms with Crippen LogP contribution < -0.4 is 15.8 Å². The Morgan fingerprint density at radius 3 is 2.56 bits per heavy atom. The van der Waals surface area contributed by atoms with Gasteiger partial charge in [0, 0.05) is 18.2 Å². The molecule has 3 N–H and O–H groups in total. The first kappa shape index (κ1) is 21.0. The molecule has 0 aromatic heterocycles. The third-order valence-electron chi connectivity index (χ3n) is 3.87. The summed E-state index contributed by atoms with van der Waals surface area (Å²) in [5.41, 5.74) is 8.83. The first-order valence-corrected chi connectivity index (χ1v) is 8.44. The highest BCUT2D eigenvalue weighted by atomic mass is 35.5. The van der Waals surface area contributed by atoms with Crippen LogP contribution in [0.25, 0.3) is 0 Å². The van der Waals surface area contributed by atoms with Gasteiger partial charge in [0.15, 0.2) is 0 Å². The SMILES string of the molecule is CCCCOc1ccc(NC(=O)CC(N)c2ccccc2)c(C)c1.Cl. The van der Waals surface area contributed by atoms with Gasteiger partial charge >= 0.3 is 0 Å². The van der Waals surface area contributed by atoms with Gasteiger partial charge in [-0.2, -0.15) is 0 Å². The van der Waals surface area contributed by atoms with Crippen LogP contribution in [0.5, 0.6) is 5.75 Å². The quantitative estimate of drug-likeness (QED) is 0.673. The molecule has 136 valence electrons. The molecular weight excluding hydrogens is 336 g/mol. The number of rotatable bonds is 8. The molecule has 0 saturated heterocycles. The zero-order valence-corrected chi connectivity index (χ0v) is 15.6. The van der Waals surface area contributed by atoms with Crippen molar-refractivity contribution in [1.82, 2.24) is 0 Å². The number of hydrogen-bond acceptors (Lipinski definition) is 3. The number of benzene rings is 2. The third-order valence-corrected chi connectivity index (χ3v) is 3.87. The Kier molecular flexibility index (Phi) is 9.03. The largest absolute Gasteiger partial charge is 0.494 e. The van der Waals surface area contributed by atoms with Crippen molar-refractivity contribution < 1.29 is 9.53 Å². The van der Waals surface area contributed by atoms with Crippen molar-refractivity contribution in [1.29, 1.82) is 0 Å². The molecule has 1 amide bonds. The van der Waals surface area contributed by atoms with Crippen molar-refractivity contribution in [3.63, 3.8) is 0 Å². The minimum absolute atomic E-state index is 0. The zero-order valence-electron chi connectivity index (χ0n) is 14.8. The van der Waals surface area contributed by atoms with Gasteiger partial charge in [0.1, 0.15) is 5.75 Å². The van der Waals surface area contributed by atoms with E-state index in [4.69, 9.17) is 10.5 Å². The van der Waals surface area contributed by atoms with Gasteiger partial charge in [-0.05, 0) is 42.7 Å². The number of nitrogens with two attached hydrogens (primary N) is 1. The molecule has 2 rings (SSSR count). The Morgan fingerprint density at radius 1 is 1.20 bits per heavy atom. The molecule has 0 aliphatic carbocycles. The van der Waals surface area contributed by atoms with Crippen LogP contribution in [0.2, 0.25) is 0 Å². The predicted molar refractivity (Wildman–Crippen MR) is 105 cm³/mol. The van der Waals surface area contributed by atoms with Gasteiger partial charge < -0.3 is 15.8 Å². The Hall–Kier alpha value is -2.04. The lowest BCUT2D eigenvalue weighted by Gasteiger charge is -2.14. The molecule has 0 aliphatic rings. The maximum Gasteiger partial charge on any atom is 0.226 e. The lowest BCUT2D eigenvalue weighted by atomic mass is 10.0. The highest BCUT2D eigenvalue weighted by molar-refractivity contribution is 5.92. The third kappa shape index (κ3) is 6.77. The van der Waals surface area contributed by atoms with E-state index in [9.17, 15) is 4.79 Å². The number of carbonyl (C=O) groups is 1. The van der Waals surface area contributed by atoms with Gasteiger partial charge in [-0.3, -0.25) is 4.79 Å². The molecule has 1 atom stereocenters. The van der Waals surface area contributed by atoms with Crippen LogP contribution in [0.4, 0.5) is 5.69 Å². The molecule has 0 aliphatic heterocycles. The van der Waals surface area contributed by atoms with Crippen LogP contribution in [0.1, 0.15) is 43.4 Å². The van der Waals surface area contributed by atoms with E-state index >= 15 is 0 Å². The molecule has 2 aromatic rings. The Morgan fingerprint density at radius 2 is 1.92 bits per heavy atom. The average Bonchev–Trinajstić information content (AvgIpc) is 2.58. The van der Waals surface area contributed by atoms with Crippen molar-refractivity contribution in [3.05, 3.63) is 59.7 Å². The van der Waals surface area contributed by atoms with E-state index in [2.05, 4.69) is 12.2 Å². The van der Waals surface area contributed by atoms with E-state index in [1.165, 1.54) is 0 Å². The fourth-order valence-corrected chi connectivity index (χ4v) is 2.42. The minimum atomic E-state index is -0.303. The molecule has 25 heavy (non-hydrogen) atoms. The maximum atomic E-state index is 12.2. The lowest BCUT2D eigenvalue weighted by Crippen LogP contribution is -2.20. The summed E-state index contributed by atoms with van der Waals surface area (Å²) < 4.78 is 5.68. The van der Waals surface area contributed by atoms with Gasteiger partial charge in [-0.25, -0.2) is 0 Å². The summed E-state index contributed by atoms with van der Waals surface area (Å²) in [7, 11) is 0. The van der Waals surface area contributed by atoms with Gasteiger partial charge in [0.25, 0.3) is 0 Å². The molecule has 0 bridgehead atoms. The molecule has 5 heteroatoms. The summed E-state index contributed by atoms with van der Waals surface area (Å²) >= 11 is 0. The number of aryl methyl sites for hydroxylation is 1. The summed E-state index contributed by atoms with van der Waals surface area (Å²) in [6.45, 7) is 4.81. The second-order valence-electron chi connectivity index (χ2n) is 5.95. The maximum absolute atomic E-state index is 12.2. The van der Waals surface area contributed by atoms with Gasteiger partial charge in [0.2, 0.25) is 5.91 Å². The van der Waals surface area contributed by atoms with E-state index in [-0.39, 0.29) is 30.8 Å². The molecule has 0 spiro atoms. The summed E-state index contributed by atoms with van der Waals surface area (Å²) in [6.07, 6.45) is 2.39. The first-order valence-electron chi connectivity index (χ1n) is 8.44. The molecule has 0 fully saturated rings. The van der Waals surface area contributed by atoms with Crippen molar-refractivity contribution in [3.8, 4) is 5.75 Å². The summed E-state index contributed by atoms with van der Waals surface area (Å²) in [4.78, 5) is 12.2. The summed E-state index contributed by atoms with van der Waals surface area (Å²) in [5.74, 6) is 0.744. The highest BCUT2D eigenvalue weighted by Gasteiger charge is 2.12. The number of anilines is 1. The van der Waals surface area contributed by atoms with Crippen LogP contribution >= 0.6 is 12.4 Å². The highest BCUT2D eigenvalue weighted by Crippen LogP contribution is 2.22. The van der Waals surface area contributed by atoms with Crippen LogP contribution in [-0.2, 0) is 4.79 Å². The first-order chi connectivity index (χ1) is 11.6. The fraction of sp³-hybridized carbons (Fsp3) is 0.350. The van der Waals surface area contributed by atoms with Crippen LogP contribution in [0.3, 0.4) is 0 Å². The van der Waals surface area contributed by atoms with Gasteiger partial charge in [-0.1, -0.05) is 43.7 Å². The van der Waals surface area contributed by atoms with E-state index in [0.717, 1.165) is 35.4 Å². The molecular formula is C20H27ClN2O2. The number of unbranched alkanes of at least 4 members (excludes halogenated alkanes) is 1. The number of hydrogen-bond donors (Lipinski definition) is 2. The zero-order chi connectivity index (χ0) is 17.4. The fourth-order valence-electron chi connectivity index (χ4n) is 2.42. The van der Waals surface area contributed by atoms with Gasteiger partial charge in [0.05, 0.1) is 6.61 Å². The number of ether oxygens (including phenoxy) is 1. The van der Waals surface area contributed by atoms with Crippen molar-refractivity contribution >= 4 is 24.0 Å². The average molecular weight is 363 g/mol. The standard InChI is InChI=1S/C20H26N2O2.ClH/c1-3-4-12-24-17-10-11-19(15(2)13-17)22-20(23)14-18(21)16-8-6-5-7-9-16;/h5-11,13,18H,3-4,12,14,21H2,1-2H3,(H,22,23);1H. The number of amides is 1. The molecule has 1 unspecified atom stereocenters. The normalized spacial score (nSPS) is 11.3. The molecule has 4 nitrogen and oxygen atoms in total. The van der Waals surface area contributed by atoms with Crippen molar-refractivity contribution in [2.24, 2.45) is 5.73 Å². The number of halogens is 1. The molecule has 0 heterocycles. The van der Waals surface area contributed by atoms with E-state index < -0.39 is 0 Å². The lowest BCUT2D eigenvalue weighted by molar-refractivity contribution is -0.116. The van der Waals surface area contributed by atoms with E-state index in [1.807, 2.05) is 55.5 Å². The molecule has 0 radical (unpaired) electrons. The van der Waals surface area contributed by atoms with E-state index in [1.54, 1.807) is 0 Å². The molecule has 0 saturated carbocycles. The van der Waals surface area contributed by atoms with Crippen molar-refractivity contribution in [2.75, 3.05) is 11.9 Å². The second kappa shape index (κ2) is 10.7. The number of nitrogens with one attached hydrogen (secondary N) is 1.